The normalized spacial score (nSPS) is 12.1. The molecule has 0 fully saturated rings. The predicted octanol–water partition coefficient (Wildman–Crippen LogP) is 1.31. The molecule has 2 aromatic rings. The van der Waals surface area contributed by atoms with Gasteiger partial charge in [-0.15, -0.1) is 0 Å². The summed E-state index contributed by atoms with van der Waals surface area (Å²) in [6.07, 6.45) is 8.72. The molecule has 2 rings (SSSR count). The Morgan fingerprint density at radius 3 is 3.00 bits per heavy atom. The Hall–Kier alpha value is -2.31. The highest BCUT2D eigenvalue weighted by atomic mass is 16.2. The molecule has 1 atom stereocenters. The second-order valence-electron chi connectivity index (χ2n) is 4.34. The highest BCUT2D eigenvalue weighted by Crippen LogP contribution is 2.04. The fourth-order valence-electron chi connectivity index (χ4n) is 1.75. The zero-order chi connectivity index (χ0) is 13.7. The van der Waals surface area contributed by atoms with Gasteiger partial charge in [0, 0.05) is 37.7 Å². The summed E-state index contributed by atoms with van der Waals surface area (Å²) in [5.74, 6) is 0. The number of carbonyl (C=O) groups is 1. The van der Waals surface area contributed by atoms with Crippen LogP contribution in [0, 0.1) is 0 Å². The number of hydrogen-bond acceptors (Lipinski definition) is 3. The number of nitrogens with zero attached hydrogens (tertiary/aromatic N) is 4. The van der Waals surface area contributed by atoms with Crippen molar-refractivity contribution in [1.29, 1.82) is 0 Å². The van der Waals surface area contributed by atoms with E-state index in [9.17, 15) is 4.79 Å². The van der Waals surface area contributed by atoms with Crippen LogP contribution in [0.25, 0.3) is 0 Å². The zero-order valence-corrected chi connectivity index (χ0v) is 11.1. The number of aryl methyl sites for hydroxylation is 1. The molecule has 0 aliphatic rings. The molecule has 0 aliphatic heterocycles. The maximum absolute atomic E-state index is 11.8. The monoisotopic (exact) mass is 262 g/mol. The van der Waals surface area contributed by atoms with E-state index < -0.39 is 0 Å². The summed E-state index contributed by atoms with van der Waals surface area (Å²) in [6, 6.07) is -0.223. The average molecular weight is 262 g/mol. The molecule has 2 amide bonds. The van der Waals surface area contributed by atoms with E-state index in [1.165, 1.54) is 0 Å². The van der Waals surface area contributed by atoms with Crippen LogP contribution in [0.15, 0.2) is 31.1 Å². The van der Waals surface area contributed by atoms with Gasteiger partial charge in [-0.3, -0.25) is 4.68 Å². The van der Waals surface area contributed by atoms with E-state index in [4.69, 9.17) is 0 Å². The van der Waals surface area contributed by atoms with Crippen molar-refractivity contribution in [3.05, 3.63) is 31.1 Å². The molecule has 0 aliphatic carbocycles. The number of aromatic nitrogens is 4. The van der Waals surface area contributed by atoms with Gasteiger partial charge in [-0.1, -0.05) is 0 Å². The molecule has 7 heteroatoms. The molecule has 0 radical (unpaired) electrons. The zero-order valence-electron chi connectivity index (χ0n) is 11.1. The lowest BCUT2D eigenvalue weighted by Gasteiger charge is -2.14. The van der Waals surface area contributed by atoms with Gasteiger partial charge in [0.1, 0.15) is 0 Å². The number of nitrogens with one attached hydrogen (secondary N) is 2. The van der Waals surface area contributed by atoms with Gasteiger partial charge in [-0.25, -0.2) is 9.78 Å². The average Bonchev–Trinajstić information content (AvgIpc) is 3.00. The molecule has 2 aromatic heterocycles. The van der Waals surface area contributed by atoms with Crippen LogP contribution in [0.1, 0.15) is 13.8 Å². The van der Waals surface area contributed by atoms with E-state index in [0.29, 0.717) is 12.2 Å². The Balaban J connectivity index is 1.80. The van der Waals surface area contributed by atoms with Crippen LogP contribution in [-0.4, -0.2) is 31.4 Å². The summed E-state index contributed by atoms with van der Waals surface area (Å²) >= 11 is 0. The van der Waals surface area contributed by atoms with Crippen LogP contribution in [0.2, 0.25) is 0 Å². The Morgan fingerprint density at radius 1 is 1.53 bits per heavy atom. The maximum atomic E-state index is 11.8. The molecule has 0 spiro atoms. The van der Waals surface area contributed by atoms with E-state index in [0.717, 1.165) is 6.54 Å². The molecule has 7 nitrogen and oxygen atoms in total. The van der Waals surface area contributed by atoms with Crippen molar-refractivity contribution in [2.75, 3.05) is 5.32 Å². The van der Waals surface area contributed by atoms with Crippen molar-refractivity contribution in [2.24, 2.45) is 0 Å². The Kier molecular flexibility index (Phi) is 4.17. The number of hydrogen-bond donors (Lipinski definition) is 2. The van der Waals surface area contributed by atoms with E-state index in [2.05, 4.69) is 20.7 Å². The Bertz CT molecular complexity index is 518. The van der Waals surface area contributed by atoms with Crippen molar-refractivity contribution in [1.82, 2.24) is 24.6 Å². The standard InChI is InChI=1S/C12H18N6O/c1-3-18-8-11(6-14-18)16-12(19)15-10(2)7-17-5-4-13-9-17/h4-6,8-10H,3,7H2,1-2H3,(H2,15,16,19)/t10-/m0/s1. The summed E-state index contributed by atoms with van der Waals surface area (Å²) in [5.41, 5.74) is 0.689. The van der Waals surface area contributed by atoms with Crippen molar-refractivity contribution in [3.8, 4) is 0 Å². The number of anilines is 1. The molecule has 19 heavy (non-hydrogen) atoms. The van der Waals surface area contributed by atoms with Gasteiger partial charge in [0.2, 0.25) is 0 Å². The van der Waals surface area contributed by atoms with Gasteiger partial charge in [-0.05, 0) is 13.8 Å². The number of amides is 2. The van der Waals surface area contributed by atoms with Crippen LogP contribution < -0.4 is 10.6 Å². The minimum absolute atomic E-state index is 0.00965. The van der Waals surface area contributed by atoms with Gasteiger partial charge < -0.3 is 15.2 Å². The third kappa shape index (κ3) is 3.84. The summed E-state index contributed by atoms with van der Waals surface area (Å²) in [4.78, 5) is 15.7. The molecule has 0 bridgehead atoms. The van der Waals surface area contributed by atoms with E-state index >= 15 is 0 Å². The van der Waals surface area contributed by atoms with Gasteiger partial charge in [0.25, 0.3) is 0 Å². The van der Waals surface area contributed by atoms with Crippen molar-refractivity contribution >= 4 is 11.7 Å². The fraction of sp³-hybridized carbons (Fsp3) is 0.417. The van der Waals surface area contributed by atoms with E-state index in [1.807, 2.05) is 24.6 Å². The minimum Gasteiger partial charge on any atom is -0.335 e. The molecule has 2 heterocycles. The summed E-state index contributed by atoms with van der Waals surface area (Å²) < 4.78 is 3.67. The number of rotatable bonds is 5. The van der Waals surface area contributed by atoms with Crippen molar-refractivity contribution in [2.45, 2.75) is 33.0 Å². The van der Waals surface area contributed by atoms with Gasteiger partial charge in [0.15, 0.2) is 0 Å². The Morgan fingerprint density at radius 2 is 2.37 bits per heavy atom. The quantitative estimate of drug-likeness (QED) is 0.853. The van der Waals surface area contributed by atoms with E-state index in [-0.39, 0.29) is 12.1 Å². The highest BCUT2D eigenvalue weighted by molar-refractivity contribution is 5.89. The van der Waals surface area contributed by atoms with Gasteiger partial charge >= 0.3 is 6.03 Å². The fourth-order valence-corrected chi connectivity index (χ4v) is 1.75. The highest BCUT2D eigenvalue weighted by Gasteiger charge is 2.08. The molecule has 0 saturated carbocycles. The molecule has 102 valence electrons. The number of urea groups is 1. The molecule has 2 N–H and O–H groups in total. The van der Waals surface area contributed by atoms with Gasteiger partial charge in [0.05, 0.1) is 18.2 Å². The molecular formula is C12H18N6O. The summed E-state index contributed by atoms with van der Waals surface area (Å²) in [5, 5.41) is 9.70. The third-order valence-corrected chi connectivity index (χ3v) is 2.64. The van der Waals surface area contributed by atoms with Crippen LogP contribution in [0.5, 0.6) is 0 Å². The summed E-state index contributed by atoms with van der Waals surface area (Å²) in [7, 11) is 0. The first-order valence-corrected chi connectivity index (χ1v) is 6.23. The van der Waals surface area contributed by atoms with Crippen LogP contribution >= 0.6 is 0 Å². The second kappa shape index (κ2) is 6.03. The number of carbonyl (C=O) groups excluding carboxylic acids is 1. The van der Waals surface area contributed by atoms with Crippen molar-refractivity contribution in [3.63, 3.8) is 0 Å². The van der Waals surface area contributed by atoms with Crippen LogP contribution in [0.4, 0.5) is 10.5 Å². The third-order valence-electron chi connectivity index (χ3n) is 2.64. The predicted molar refractivity (Wildman–Crippen MR) is 71.7 cm³/mol. The van der Waals surface area contributed by atoms with Crippen LogP contribution in [-0.2, 0) is 13.1 Å². The first-order valence-electron chi connectivity index (χ1n) is 6.23. The Labute approximate surface area is 111 Å². The maximum Gasteiger partial charge on any atom is 0.319 e. The molecule has 0 saturated heterocycles. The summed E-state index contributed by atoms with van der Waals surface area (Å²) in [6.45, 7) is 5.39. The lowest BCUT2D eigenvalue weighted by molar-refractivity contribution is 0.248. The second-order valence-corrected chi connectivity index (χ2v) is 4.34. The molecular weight excluding hydrogens is 244 g/mol. The first-order chi connectivity index (χ1) is 9.17. The SMILES string of the molecule is CCn1cc(NC(=O)N[C@@H](C)Cn2ccnc2)cn1. The molecule has 0 aromatic carbocycles. The van der Waals surface area contributed by atoms with E-state index in [1.54, 1.807) is 29.6 Å². The minimum atomic E-state index is -0.233. The molecule has 0 unspecified atom stereocenters. The largest absolute Gasteiger partial charge is 0.335 e. The smallest absolute Gasteiger partial charge is 0.319 e. The lowest BCUT2D eigenvalue weighted by Crippen LogP contribution is -2.38. The lowest BCUT2D eigenvalue weighted by atomic mass is 10.3. The number of imidazole rings is 1. The topological polar surface area (TPSA) is 76.8 Å². The van der Waals surface area contributed by atoms with Crippen LogP contribution in [0.3, 0.4) is 0 Å². The van der Waals surface area contributed by atoms with Gasteiger partial charge in [-0.2, -0.15) is 5.10 Å². The van der Waals surface area contributed by atoms with Crippen molar-refractivity contribution < 1.29 is 4.79 Å². The first kappa shape index (κ1) is 13.1.